The minimum absolute atomic E-state index is 0.177. The Morgan fingerprint density at radius 3 is 2.68 bits per heavy atom. The van der Waals surface area contributed by atoms with E-state index < -0.39 is 5.60 Å². The van der Waals surface area contributed by atoms with E-state index in [1.165, 1.54) is 6.39 Å². The Kier molecular flexibility index (Phi) is 3.98. The summed E-state index contributed by atoms with van der Waals surface area (Å²) in [4.78, 5) is 16.0. The molecule has 1 aliphatic carbocycles. The van der Waals surface area contributed by atoms with Crippen molar-refractivity contribution < 1.29 is 14.3 Å². The fourth-order valence-corrected chi connectivity index (χ4v) is 2.68. The molecule has 116 valence electrons. The van der Waals surface area contributed by atoms with Crippen molar-refractivity contribution in [2.24, 2.45) is 5.92 Å². The van der Waals surface area contributed by atoms with Gasteiger partial charge in [-0.1, -0.05) is 18.6 Å². The third-order valence-corrected chi connectivity index (χ3v) is 4.46. The molecule has 1 aliphatic rings. The lowest BCUT2D eigenvalue weighted by Gasteiger charge is -2.38. The average Bonchev–Trinajstić information content (AvgIpc) is 2.97. The maximum absolute atomic E-state index is 12.2. The molecule has 2 N–H and O–H groups in total. The van der Waals surface area contributed by atoms with Gasteiger partial charge in [-0.25, -0.2) is 4.98 Å². The molecule has 0 saturated heterocycles. The molecule has 1 amide bonds. The van der Waals surface area contributed by atoms with Gasteiger partial charge in [-0.2, -0.15) is 0 Å². The Morgan fingerprint density at radius 1 is 1.41 bits per heavy atom. The molecule has 1 unspecified atom stereocenters. The van der Waals surface area contributed by atoms with Crippen molar-refractivity contribution in [1.82, 2.24) is 10.3 Å². The number of rotatable bonds is 5. The Labute approximate surface area is 129 Å². The first-order valence-corrected chi connectivity index (χ1v) is 7.56. The molecule has 1 saturated carbocycles. The van der Waals surface area contributed by atoms with E-state index >= 15 is 0 Å². The first-order valence-electron chi connectivity index (χ1n) is 7.56. The highest BCUT2D eigenvalue weighted by Crippen LogP contribution is 2.35. The topological polar surface area (TPSA) is 75.4 Å². The van der Waals surface area contributed by atoms with Crippen LogP contribution in [0.2, 0.25) is 0 Å². The third kappa shape index (κ3) is 3.04. The minimum atomic E-state index is -0.826. The third-order valence-electron chi connectivity index (χ3n) is 4.46. The van der Waals surface area contributed by atoms with E-state index in [9.17, 15) is 9.90 Å². The van der Waals surface area contributed by atoms with Crippen molar-refractivity contribution in [3.63, 3.8) is 0 Å². The summed E-state index contributed by atoms with van der Waals surface area (Å²) >= 11 is 0. The molecule has 0 aliphatic heterocycles. The van der Waals surface area contributed by atoms with Gasteiger partial charge in [-0.15, -0.1) is 0 Å². The van der Waals surface area contributed by atoms with Gasteiger partial charge in [0.25, 0.3) is 5.91 Å². The second-order valence-electron chi connectivity index (χ2n) is 6.11. The van der Waals surface area contributed by atoms with Crippen LogP contribution in [0.5, 0.6) is 0 Å². The Balaban J connectivity index is 1.60. The van der Waals surface area contributed by atoms with Crippen molar-refractivity contribution in [2.45, 2.75) is 31.8 Å². The molecule has 1 fully saturated rings. The maximum atomic E-state index is 12.2. The quantitative estimate of drug-likeness (QED) is 0.890. The normalized spacial score (nSPS) is 17.5. The molecule has 5 heteroatoms. The summed E-state index contributed by atoms with van der Waals surface area (Å²) in [5.41, 5.74) is 0.608. The predicted octanol–water partition coefficient (Wildman–Crippen LogP) is 2.62. The predicted molar refractivity (Wildman–Crippen MR) is 82.2 cm³/mol. The summed E-state index contributed by atoms with van der Waals surface area (Å²) in [7, 11) is 0. The van der Waals surface area contributed by atoms with E-state index in [1.54, 1.807) is 25.3 Å². The van der Waals surface area contributed by atoms with Gasteiger partial charge in [-0.05, 0) is 37.8 Å². The average molecular weight is 300 g/mol. The number of benzene rings is 1. The van der Waals surface area contributed by atoms with Gasteiger partial charge in [0.1, 0.15) is 0 Å². The molecule has 3 rings (SSSR count). The van der Waals surface area contributed by atoms with Crippen LogP contribution in [0.3, 0.4) is 0 Å². The van der Waals surface area contributed by atoms with Crippen LogP contribution >= 0.6 is 0 Å². The first-order chi connectivity index (χ1) is 10.6. The Morgan fingerprint density at radius 2 is 2.14 bits per heavy atom. The van der Waals surface area contributed by atoms with Crippen molar-refractivity contribution in [2.75, 3.05) is 6.54 Å². The molecule has 1 atom stereocenters. The van der Waals surface area contributed by atoms with Gasteiger partial charge < -0.3 is 14.8 Å². The zero-order chi connectivity index (χ0) is 15.6. The van der Waals surface area contributed by atoms with E-state index in [-0.39, 0.29) is 12.5 Å². The Bertz CT molecular complexity index is 628. The van der Waals surface area contributed by atoms with Crippen molar-refractivity contribution in [1.29, 1.82) is 0 Å². The van der Waals surface area contributed by atoms with Crippen molar-refractivity contribution in [3.05, 3.63) is 42.4 Å². The summed E-state index contributed by atoms with van der Waals surface area (Å²) in [5.74, 6) is 0.783. The summed E-state index contributed by atoms with van der Waals surface area (Å²) in [6.07, 6.45) is 6.24. The van der Waals surface area contributed by atoms with E-state index in [0.29, 0.717) is 17.2 Å². The van der Waals surface area contributed by atoms with Crippen LogP contribution in [0.1, 0.15) is 36.5 Å². The fraction of sp³-hybridized carbons (Fsp3) is 0.412. The lowest BCUT2D eigenvalue weighted by Crippen LogP contribution is -2.48. The zero-order valence-electron chi connectivity index (χ0n) is 12.6. The number of hydrogen-bond donors (Lipinski definition) is 2. The standard InChI is InChI=1S/C17H20N2O3/c1-17(21,14-3-2-4-14)10-19-16(20)13-7-5-12(6-8-13)15-9-18-11-22-15/h5-9,11,14,21H,2-4,10H2,1H3,(H,19,20). The Hall–Kier alpha value is -2.14. The fourth-order valence-electron chi connectivity index (χ4n) is 2.68. The molecule has 1 aromatic carbocycles. The summed E-state index contributed by atoms with van der Waals surface area (Å²) < 4.78 is 5.21. The highest BCUT2D eigenvalue weighted by molar-refractivity contribution is 5.94. The molecular weight excluding hydrogens is 280 g/mol. The number of carbonyl (C=O) groups excluding carboxylic acids is 1. The number of aromatic nitrogens is 1. The van der Waals surface area contributed by atoms with Gasteiger partial charge in [0.05, 0.1) is 11.8 Å². The van der Waals surface area contributed by atoms with Gasteiger partial charge >= 0.3 is 0 Å². The van der Waals surface area contributed by atoms with Gasteiger partial charge in [0, 0.05) is 17.7 Å². The first kappa shape index (κ1) is 14.8. The van der Waals surface area contributed by atoms with Gasteiger partial charge in [0.15, 0.2) is 12.2 Å². The summed E-state index contributed by atoms with van der Waals surface area (Å²) in [6.45, 7) is 2.07. The lowest BCUT2D eigenvalue weighted by molar-refractivity contribution is -0.0318. The number of aliphatic hydroxyl groups is 1. The highest BCUT2D eigenvalue weighted by Gasteiger charge is 2.36. The number of hydrogen-bond acceptors (Lipinski definition) is 4. The molecule has 0 bridgehead atoms. The summed E-state index contributed by atoms with van der Waals surface area (Å²) in [5, 5.41) is 13.2. The van der Waals surface area contributed by atoms with Gasteiger partial charge in [0.2, 0.25) is 0 Å². The van der Waals surface area contributed by atoms with Crippen LogP contribution < -0.4 is 5.32 Å². The molecule has 0 spiro atoms. The number of nitrogens with one attached hydrogen (secondary N) is 1. The van der Waals surface area contributed by atoms with Crippen LogP contribution in [0.15, 0.2) is 41.3 Å². The molecule has 5 nitrogen and oxygen atoms in total. The summed E-state index contributed by atoms with van der Waals surface area (Å²) in [6, 6.07) is 7.12. The van der Waals surface area contributed by atoms with Crippen molar-refractivity contribution in [3.8, 4) is 11.3 Å². The second-order valence-corrected chi connectivity index (χ2v) is 6.11. The van der Waals surface area contributed by atoms with Crippen LogP contribution in [0.25, 0.3) is 11.3 Å². The van der Waals surface area contributed by atoms with E-state index in [2.05, 4.69) is 10.3 Å². The second kappa shape index (κ2) is 5.93. The van der Waals surface area contributed by atoms with Crippen LogP contribution in [0.4, 0.5) is 0 Å². The SMILES string of the molecule is CC(O)(CNC(=O)c1ccc(-c2cnco2)cc1)C1CCC1. The highest BCUT2D eigenvalue weighted by atomic mass is 16.3. The monoisotopic (exact) mass is 300 g/mol. The van der Waals surface area contributed by atoms with Crippen LogP contribution in [-0.2, 0) is 0 Å². The number of carbonyl (C=O) groups is 1. The van der Waals surface area contributed by atoms with Crippen LogP contribution in [-0.4, -0.2) is 28.1 Å². The van der Waals surface area contributed by atoms with E-state index in [4.69, 9.17) is 4.42 Å². The molecule has 0 radical (unpaired) electrons. The number of nitrogens with zero attached hydrogens (tertiary/aromatic N) is 1. The largest absolute Gasteiger partial charge is 0.444 e. The lowest BCUT2D eigenvalue weighted by atomic mass is 9.73. The van der Waals surface area contributed by atoms with Crippen LogP contribution in [0, 0.1) is 5.92 Å². The minimum Gasteiger partial charge on any atom is -0.444 e. The molecule has 1 aromatic heterocycles. The van der Waals surface area contributed by atoms with Gasteiger partial charge in [-0.3, -0.25) is 4.79 Å². The van der Waals surface area contributed by atoms with E-state index in [1.807, 2.05) is 12.1 Å². The zero-order valence-corrected chi connectivity index (χ0v) is 12.6. The number of oxazole rings is 1. The number of amides is 1. The molecule has 22 heavy (non-hydrogen) atoms. The molecule has 2 aromatic rings. The van der Waals surface area contributed by atoms with E-state index in [0.717, 1.165) is 24.8 Å². The van der Waals surface area contributed by atoms with Crippen molar-refractivity contribution >= 4 is 5.91 Å². The molecular formula is C17H20N2O3. The molecule has 1 heterocycles. The maximum Gasteiger partial charge on any atom is 0.251 e. The smallest absolute Gasteiger partial charge is 0.251 e.